The second-order valence-corrected chi connectivity index (χ2v) is 3.94. The first kappa shape index (κ1) is 11.6. The number of rotatable bonds is 4. The van der Waals surface area contributed by atoms with Crippen molar-refractivity contribution < 1.29 is 4.79 Å². The number of hydrogen-bond donors (Lipinski definition) is 2. The Hall–Kier alpha value is -1.51. The van der Waals surface area contributed by atoms with Gasteiger partial charge in [-0.3, -0.25) is 4.79 Å². The van der Waals surface area contributed by atoms with Crippen LogP contribution in [0.3, 0.4) is 0 Å². The summed E-state index contributed by atoms with van der Waals surface area (Å²) in [7, 11) is 1.84. The van der Waals surface area contributed by atoms with E-state index in [2.05, 4.69) is 10.6 Å². The van der Waals surface area contributed by atoms with Gasteiger partial charge in [0, 0.05) is 13.5 Å². The largest absolute Gasteiger partial charge is 0.386 e. The van der Waals surface area contributed by atoms with Gasteiger partial charge in [0.25, 0.3) is 0 Å². The van der Waals surface area contributed by atoms with Crippen molar-refractivity contribution in [1.82, 2.24) is 0 Å². The number of para-hydroxylation sites is 2. The van der Waals surface area contributed by atoms with E-state index in [1.807, 2.05) is 45.2 Å². The van der Waals surface area contributed by atoms with E-state index in [4.69, 9.17) is 0 Å². The van der Waals surface area contributed by atoms with Crippen LogP contribution in [0.25, 0.3) is 0 Å². The second kappa shape index (κ2) is 5.39. The first-order valence-electron chi connectivity index (χ1n) is 5.20. The number of carbonyl (C=O) groups excluding carboxylic acids is 1. The van der Waals surface area contributed by atoms with E-state index in [0.29, 0.717) is 12.3 Å². The predicted molar refractivity (Wildman–Crippen MR) is 64.1 cm³/mol. The number of amides is 1. The molecule has 82 valence electrons. The Morgan fingerprint density at radius 2 is 1.87 bits per heavy atom. The molecule has 0 atom stereocenters. The molecule has 1 rings (SSSR count). The van der Waals surface area contributed by atoms with Crippen molar-refractivity contribution in [2.45, 2.75) is 20.3 Å². The molecule has 0 unspecified atom stereocenters. The zero-order valence-corrected chi connectivity index (χ0v) is 9.50. The minimum atomic E-state index is 0.0627. The SMILES string of the molecule is CNc1ccccc1NC(=O)CC(C)C. The van der Waals surface area contributed by atoms with Crippen LogP contribution in [0.1, 0.15) is 20.3 Å². The van der Waals surface area contributed by atoms with E-state index in [9.17, 15) is 4.79 Å². The molecular weight excluding hydrogens is 188 g/mol. The molecule has 15 heavy (non-hydrogen) atoms. The van der Waals surface area contributed by atoms with Crippen LogP contribution in [0, 0.1) is 5.92 Å². The van der Waals surface area contributed by atoms with Gasteiger partial charge < -0.3 is 10.6 Å². The summed E-state index contributed by atoms with van der Waals surface area (Å²) in [5.74, 6) is 0.444. The number of anilines is 2. The Morgan fingerprint density at radius 1 is 1.27 bits per heavy atom. The molecule has 1 aromatic rings. The summed E-state index contributed by atoms with van der Waals surface area (Å²) in [4.78, 5) is 11.6. The van der Waals surface area contributed by atoms with Crippen molar-refractivity contribution in [3.8, 4) is 0 Å². The third-order valence-corrected chi connectivity index (χ3v) is 2.06. The molecule has 0 aliphatic heterocycles. The number of hydrogen-bond acceptors (Lipinski definition) is 2. The van der Waals surface area contributed by atoms with Gasteiger partial charge in [-0.2, -0.15) is 0 Å². The Balaban J connectivity index is 2.67. The van der Waals surface area contributed by atoms with Gasteiger partial charge in [-0.1, -0.05) is 26.0 Å². The highest BCUT2D eigenvalue weighted by Gasteiger charge is 2.07. The number of benzene rings is 1. The summed E-state index contributed by atoms with van der Waals surface area (Å²) in [5, 5.41) is 5.93. The van der Waals surface area contributed by atoms with E-state index in [-0.39, 0.29) is 5.91 Å². The van der Waals surface area contributed by atoms with Gasteiger partial charge in [0.1, 0.15) is 0 Å². The van der Waals surface area contributed by atoms with Crippen LogP contribution in [0.2, 0.25) is 0 Å². The van der Waals surface area contributed by atoms with Gasteiger partial charge in [-0.05, 0) is 18.1 Å². The summed E-state index contributed by atoms with van der Waals surface area (Å²) in [5.41, 5.74) is 1.78. The van der Waals surface area contributed by atoms with E-state index in [0.717, 1.165) is 11.4 Å². The lowest BCUT2D eigenvalue weighted by atomic mass is 10.1. The smallest absolute Gasteiger partial charge is 0.224 e. The van der Waals surface area contributed by atoms with Gasteiger partial charge in [0.2, 0.25) is 5.91 Å². The third kappa shape index (κ3) is 3.62. The Morgan fingerprint density at radius 3 is 2.40 bits per heavy atom. The molecule has 1 aromatic carbocycles. The number of nitrogens with one attached hydrogen (secondary N) is 2. The van der Waals surface area contributed by atoms with Gasteiger partial charge in [-0.25, -0.2) is 0 Å². The molecule has 2 N–H and O–H groups in total. The molecular formula is C12H18N2O. The fraction of sp³-hybridized carbons (Fsp3) is 0.417. The highest BCUT2D eigenvalue weighted by molar-refractivity contribution is 5.94. The average Bonchev–Trinajstić information content (AvgIpc) is 2.17. The minimum absolute atomic E-state index is 0.0627. The van der Waals surface area contributed by atoms with Crippen LogP contribution < -0.4 is 10.6 Å². The molecule has 3 nitrogen and oxygen atoms in total. The Bertz CT molecular complexity index is 334. The zero-order chi connectivity index (χ0) is 11.3. The van der Waals surface area contributed by atoms with Crippen LogP contribution in [0.15, 0.2) is 24.3 Å². The normalized spacial score (nSPS) is 10.1. The van der Waals surface area contributed by atoms with Crippen LogP contribution in [-0.2, 0) is 4.79 Å². The second-order valence-electron chi connectivity index (χ2n) is 3.94. The maximum Gasteiger partial charge on any atom is 0.224 e. The highest BCUT2D eigenvalue weighted by Crippen LogP contribution is 2.20. The van der Waals surface area contributed by atoms with E-state index < -0.39 is 0 Å². The standard InChI is InChI=1S/C12H18N2O/c1-9(2)8-12(15)14-11-7-5-4-6-10(11)13-3/h4-7,9,13H,8H2,1-3H3,(H,14,15). The molecule has 0 bridgehead atoms. The lowest BCUT2D eigenvalue weighted by molar-refractivity contribution is -0.116. The van der Waals surface area contributed by atoms with Crippen molar-refractivity contribution in [2.24, 2.45) is 5.92 Å². The van der Waals surface area contributed by atoms with Crippen LogP contribution in [0.4, 0.5) is 11.4 Å². The molecule has 1 amide bonds. The van der Waals surface area contributed by atoms with Gasteiger partial charge in [0.15, 0.2) is 0 Å². The van der Waals surface area contributed by atoms with Crippen molar-refractivity contribution in [1.29, 1.82) is 0 Å². The fourth-order valence-electron chi connectivity index (χ4n) is 1.38. The maximum absolute atomic E-state index is 11.6. The number of carbonyl (C=O) groups is 1. The van der Waals surface area contributed by atoms with E-state index in [1.54, 1.807) is 0 Å². The van der Waals surface area contributed by atoms with Crippen LogP contribution in [-0.4, -0.2) is 13.0 Å². The summed E-state index contributed by atoms with van der Waals surface area (Å²) in [6.45, 7) is 4.06. The molecule has 0 aliphatic carbocycles. The monoisotopic (exact) mass is 206 g/mol. The quantitative estimate of drug-likeness (QED) is 0.795. The van der Waals surface area contributed by atoms with E-state index in [1.165, 1.54) is 0 Å². The lowest BCUT2D eigenvalue weighted by Crippen LogP contribution is -2.14. The topological polar surface area (TPSA) is 41.1 Å². The molecule has 0 radical (unpaired) electrons. The van der Waals surface area contributed by atoms with Crippen molar-refractivity contribution in [3.63, 3.8) is 0 Å². The van der Waals surface area contributed by atoms with Crippen LogP contribution >= 0.6 is 0 Å². The Labute approximate surface area is 90.9 Å². The van der Waals surface area contributed by atoms with Gasteiger partial charge >= 0.3 is 0 Å². The van der Waals surface area contributed by atoms with Crippen molar-refractivity contribution in [3.05, 3.63) is 24.3 Å². The summed E-state index contributed by atoms with van der Waals surface area (Å²) >= 11 is 0. The summed E-state index contributed by atoms with van der Waals surface area (Å²) in [6.07, 6.45) is 0.554. The van der Waals surface area contributed by atoms with Crippen molar-refractivity contribution >= 4 is 17.3 Å². The first-order chi connectivity index (χ1) is 7.13. The maximum atomic E-state index is 11.6. The molecule has 0 aromatic heterocycles. The van der Waals surface area contributed by atoms with Gasteiger partial charge in [0.05, 0.1) is 11.4 Å². The molecule has 0 saturated heterocycles. The highest BCUT2D eigenvalue weighted by atomic mass is 16.1. The zero-order valence-electron chi connectivity index (χ0n) is 9.50. The Kier molecular flexibility index (Phi) is 4.16. The van der Waals surface area contributed by atoms with Crippen molar-refractivity contribution in [2.75, 3.05) is 17.7 Å². The minimum Gasteiger partial charge on any atom is -0.386 e. The summed E-state index contributed by atoms with van der Waals surface area (Å²) < 4.78 is 0. The third-order valence-electron chi connectivity index (χ3n) is 2.06. The molecule has 0 fully saturated rings. The molecule has 0 saturated carbocycles. The molecule has 0 spiro atoms. The van der Waals surface area contributed by atoms with Crippen LogP contribution in [0.5, 0.6) is 0 Å². The molecule has 3 heteroatoms. The fourth-order valence-corrected chi connectivity index (χ4v) is 1.38. The predicted octanol–water partition coefficient (Wildman–Crippen LogP) is 2.71. The van der Waals surface area contributed by atoms with E-state index >= 15 is 0 Å². The van der Waals surface area contributed by atoms with Gasteiger partial charge in [-0.15, -0.1) is 0 Å². The molecule has 0 heterocycles. The first-order valence-corrected chi connectivity index (χ1v) is 5.20. The average molecular weight is 206 g/mol. The summed E-state index contributed by atoms with van der Waals surface area (Å²) in [6, 6.07) is 7.67. The molecule has 0 aliphatic rings. The lowest BCUT2D eigenvalue weighted by Gasteiger charge is -2.11.